The summed E-state index contributed by atoms with van der Waals surface area (Å²) in [4.78, 5) is 23.4. The summed E-state index contributed by atoms with van der Waals surface area (Å²) in [5.74, 6) is 1.14. The highest BCUT2D eigenvalue weighted by atomic mass is 32.1. The number of methoxy groups -OCH3 is 1. The monoisotopic (exact) mass is 721 g/mol. The lowest BCUT2D eigenvalue weighted by Crippen LogP contribution is -2.59. The molecule has 6 aromatic rings. The van der Waals surface area contributed by atoms with Crippen molar-refractivity contribution in [3.63, 3.8) is 0 Å². The number of nitrogens with one attached hydrogen (secondary N) is 2. The maximum absolute atomic E-state index is 13.7. The molecule has 3 N–H and O–H groups in total. The van der Waals surface area contributed by atoms with Crippen LogP contribution in [0.3, 0.4) is 0 Å². The van der Waals surface area contributed by atoms with Crippen LogP contribution >= 0.6 is 22.7 Å². The Hall–Kier alpha value is -4.56. The maximum atomic E-state index is 13.7. The molecule has 5 aromatic heterocycles. The number of aromatic nitrogens is 5. The second-order valence-corrected chi connectivity index (χ2v) is 15.7. The number of thiophene rings is 2. The number of nitrogens with zero attached hydrogens (tertiary/aromatic N) is 6. The fourth-order valence-electron chi connectivity index (χ4n) is 7.28. The van der Waals surface area contributed by atoms with Crippen LogP contribution in [0.4, 0.5) is 5.69 Å². The Labute approximate surface area is 304 Å². The smallest absolute Gasteiger partial charge is 0.296 e. The Morgan fingerprint density at radius 3 is 2.53 bits per heavy atom. The van der Waals surface area contributed by atoms with Crippen LogP contribution < -0.4 is 25.0 Å². The zero-order chi connectivity index (χ0) is 35.6. The second-order valence-electron chi connectivity index (χ2n) is 13.7. The first-order chi connectivity index (χ1) is 24.6. The molecule has 3 unspecified atom stereocenters. The van der Waals surface area contributed by atoms with Crippen molar-refractivity contribution in [3.05, 3.63) is 97.8 Å². The Bertz CT molecular complexity index is 2280. The molecule has 1 saturated carbocycles. The van der Waals surface area contributed by atoms with Crippen LogP contribution in [0.2, 0.25) is 0 Å². The number of ether oxygens (including phenoxy) is 1. The van der Waals surface area contributed by atoms with Gasteiger partial charge in [0.1, 0.15) is 27.4 Å². The largest absolute Gasteiger partial charge is 0.497 e. The highest BCUT2D eigenvalue weighted by Crippen LogP contribution is 2.44. The second kappa shape index (κ2) is 13.2. The molecular formula is C38H41N8O3S2+. The van der Waals surface area contributed by atoms with Gasteiger partial charge in [-0.2, -0.15) is 5.10 Å². The Morgan fingerprint density at radius 1 is 1.02 bits per heavy atom. The molecule has 6 heterocycles. The summed E-state index contributed by atoms with van der Waals surface area (Å²) in [6, 6.07) is 12.4. The molecule has 1 aliphatic carbocycles. The zero-order valence-corrected chi connectivity index (χ0v) is 31.2. The van der Waals surface area contributed by atoms with E-state index in [1.807, 2.05) is 55.9 Å². The van der Waals surface area contributed by atoms with Crippen LogP contribution in [0.15, 0.2) is 48.8 Å². The summed E-state index contributed by atoms with van der Waals surface area (Å²) in [7, 11) is 1.67. The molecule has 13 heteroatoms. The lowest BCUT2D eigenvalue weighted by Gasteiger charge is -2.41. The Balaban J connectivity index is 1.05. The molecule has 1 saturated heterocycles. The topological polar surface area (TPSA) is 129 Å². The molecule has 262 valence electrons. The lowest BCUT2D eigenvalue weighted by molar-refractivity contribution is -0.720. The quantitative estimate of drug-likeness (QED) is 0.127. The average Bonchev–Trinajstić information content (AvgIpc) is 3.67. The van der Waals surface area contributed by atoms with Crippen LogP contribution in [0, 0.1) is 34.6 Å². The number of pyridine rings is 1. The predicted octanol–water partition coefficient (Wildman–Crippen LogP) is 5.34. The first-order valence-corrected chi connectivity index (χ1v) is 18.8. The number of aliphatic hydroxyl groups is 1. The minimum absolute atomic E-state index is 0.0537. The maximum Gasteiger partial charge on any atom is 0.296 e. The van der Waals surface area contributed by atoms with E-state index in [1.54, 1.807) is 13.3 Å². The first-order valence-electron chi connectivity index (χ1n) is 17.2. The molecular weight excluding hydrogens is 681 g/mol. The number of aliphatic hydroxyl groups excluding tert-OH is 1. The minimum Gasteiger partial charge on any atom is -0.497 e. The third-order valence-corrected chi connectivity index (χ3v) is 13.0. The number of fused-ring (bicyclic) bond motifs is 2. The van der Waals surface area contributed by atoms with Gasteiger partial charge in [-0.25, -0.2) is 0 Å². The molecule has 2 fully saturated rings. The van der Waals surface area contributed by atoms with E-state index in [1.165, 1.54) is 28.2 Å². The SMILES string of the molecule is COc1ccc(C2CC2NC(O)c2sc3nnc(C)c(C[n+]4nc(C)c(C)c5c(C)c(C(=O)NC6CN(c7cccnc7)C6)sc54)c3c2C)cc1. The van der Waals surface area contributed by atoms with Gasteiger partial charge in [0.25, 0.3) is 10.7 Å². The van der Waals surface area contributed by atoms with Crippen molar-refractivity contribution in [1.29, 1.82) is 0 Å². The molecule has 3 atom stereocenters. The average molecular weight is 722 g/mol. The third-order valence-electron chi connectivity index (χ3n) is 10.4. The summed E-state index contributed by atoms with van der Waals surface area (Å²) in [6.07, 6.45) is 3.76. The van der Waals surface area contributed by atoms with Crippen LogP contribution in [0.1, 0.15) is 72.3 Å². The fraction of sp³-hybridized carbons (Fsp3) is 0.368. The van der Waals surface area contributed by atoms with Gasteiger partial charge in [0.15, 0.2) is 0 Å². The molecule has 8 rings (SSSR count). The third kappa shape index (κ3) is 6.11. The Kier molecular flexibility index (Phi) is 8.69. The molecule has 1 aromatic carbocycles. The van der Waals surface area contributed by atoms with Crippen molar-refractivity contribution in [1.82, 2.24) is 30.9 Å². The van der Waals surface area contributed by atoms with Gasteiger partial charge in [-0.3, -0.25) is 15.1 Å². The molecule has 1 aliphatic heterocycles. The summed E-state index contributed by atoms with van der Waals surface area (Å²) < 4.78 is 7.32. The fourth-order valence-corrected chi connectivity index (χ4v) is 9.61. The summed E-state index contributed by atoms with van der Waals surface area (Å²) in [5, 5.41) is 34.3. The van der Waals surface area contributed by atoms with Crippen molar-refractivity contribution < 1.29 is 19.3 Å². The Morgan fingerprint density at radius 2 is 1.80 bits per heavy atom. The van der Waals surface area contributed by atoms with E-state index in [0.717, 1.165) is 89.9 Å². The van der Waals surface area contributed by atoms with Gasteiger partial charge in [-0.05, 0) is 92.7 Å². The van der Waals surface area contributed by atoms with Crippen LogP contribution in [0.25, 0.3) is 20.4 Å². The number of aryl methyl sites for hydroxylation is 5. The van der Waals surface area contributed by atoms with Crippen molar-refractivity contribution >= 4 is 54.7 Å². The molecule has 2 aliphatic rings. The van der Waals surface area contributed by atoms with E-state index in [9.17, 15) is 9.90 Å². The number of carbonyl (C=O) groups excluding carboxylic acids is 1. The van der Waals surface area contributed by atoms with E-state index < -0.39 is 6.23 Å². The summed E-state index contributed by atoms with van der Waals surface area (Å²) in [5.41, 5.74) is 8.08. The van der Waals surface area contributed by atoms with Crippen LogP contribution in [-0.4, -0.2) is 63.6 Å². The molecule has 0 radical (unpaired) electrons. The number of rotatable bonds is 10. The van der Waals surface area contributed by atoms with Crippen LogP contribution in [-0.2, 0) is 6.54 Å². The molecule has 51 heavy (non-hydrogen) atoms. The number of amides is 1. The van der Waals surface area contributed by atoms with E-state index in [4.69, 9.17) is 9.84 Å². The molecule has 1 amide bonds. The summed E-state index contributed by atoms with van der Waals surface area (Å²) in [6.45, 7) is 12.1. The van der Waals surface area contributed by atoms with Gasteiger partial charge in [-0.1, -0.05) is 28.2 Å². The summed E-state index contributed by atoms with van der Waals surface area (Å²) >= 11 is 2.97. The van der Waals surface area contributed by atoms with Gasteiger partial charge in [-0.15, -0.1) is 16.4 Å². The van der Waals surface area contributed by atoms with Gasteiger partial charge in [0.2, 0.25) is 6.54 Å². The lowest BCUT2D eigenvalue weighted by atomic mass is 10.0. The molecule has 0 spiro atoms. The van der Waals surface area contributed by atoms with Crippen molar-refractivity contribution in [2.45, 2.75) is 71.8 Å². The normalized spacial score (nSPS) is 17.9. The van der Waals surface area contributed by atoms with Gasteiger partial charge in [0, 0.05) is 36.6 Å². The van der Waals surface area contributed by atoms with Crippen molar-refractivity contribution in [3.8, 4) is 5.75 Å². The predicted molar refractivity (Wildman–Crippen MR) is 200 cm³/mol. The van der Waals surface area contributed by atoms with E-state index in [0.29, 0.717) is 17.3 Å². The number of benzene rings is 1. The van der Waals surface area contributed by atoms with Crippen molar-refractivity contribution in [2.75, 3.05) is 25.1 Å². The number of hydrogen-bond acceptors (Lipinski definition) is 11. The number of hydrogen-bond donors (Lipinski definition) is 3. The minimum atomic E-state index is -0.821. The van der Waals surface area contributed by atoms with Crippen LogP contribution in [0.5, 0.6) is 5.75 Å². The standard InChI is InChI=1S/C38H40N8O3S2/c1-19-22(4)44-46(38-31(19)20(2)34(51-38)35(47)40-25-16-45(17-25)26-8-7-13-39-15-26)18-29-23(5)42-43-37-32(29)21(3)33(50-37)36(48)41-30-14-28(30)24-9-11-27(49-6)12-10-24/h7-13,15,25,28,30,36,41,48H,14,16-18H2,1-6H3/p+1. The highest BCUT2D eigenvalue weighted by molar-refractivity contribution is 7.20. The van der Waals surface area contributed by atoms with E-state index in [-0.39, 0.29) is 18.0 Å². The van der Waals surface area contributed by atoms with E-state index in [2.05, 4.69) is 56.7 Å². The number of anilines is 1. The molecule has 11 nitrogen and oxygen atoms in total. The van der Waals surface area contributed by atoms with Crippen molar-refractivity contribution in [2.24, 2.45) is 0 Å². The van der Waals surface area contributed by atoms with Gasteiger partial charge in [0.05, 0.1) is 46.6 Å². The first kappa shape index (κ1) is 33.6. The number of carbonyl (C=O) groups is 1. The zero-order valence-electron chi connectivity index (χ0n) is 29.5. The molecule has 0 bridgehead atoms. The van der Waals surface area contributed by atoms with E-state index >= 15 is 0 Å². The van der Waals surface area contributed by atoms with Gasteiger partial charge < -0.3 is 20.1 Å². The highest BCUT2D eigenvalue weighted by Gasteiger charge is 2.40. The van der Waals surface area contributed by atoms with Gasteiger partial charge >= 0.3 is 0 Å².